The average Bonchev–Trinajstić information content (AvgIpc) is 3.30. The lowest BCUT2D eigenvalue weighted by Crippen LogP contribution is -2.66. The van der Waals surface area contributed by atoms with Crippen molar-refractivity contribution in [1.29, 1.82) is 0 Å². The molecule has 0 spiro atoms. The first-order chi connectivity index (χ1) is 31.3. The number of aliphatic hydroxyl groups excluding tert-OH is 11. The fraction of sp³-hybridized carbons (Fsp3) is 0.935. The molecule has 3 saturated heterocycles. The Hall–Kier alpha value is -1.47. The Morgan fingerprint density at radius 2 is 0.954 bits per heavy atom. The van der Waals surface area contributed by atoms with Crippen LogP contribution < -0.4 is 5.32 Å². The molecule has 17 unspecified atom stereocenters. The van der Waals surface area contributed by atoms with Crippen LogP contribution in [0.25, 0.3) is 0 Å². The number of unbranched alkanes of at least 4 members (excludes halogenated alkanes) is 17. The molecule has 0 aromatic heterocycles. The molecule has 1 amide bonds. The van der Waals surface area contributed by atoms with Crippen molar-refractivity contribution in [3.8, 4) is 0 Å². The Balaban J connectivity index is 1.59. The van der Waals surface area contributed by atoms with Gasteiger partial charge in [-0.15, -0.1) is 0 Å². The second-order valence-electron chi connectivity index (χ2n) is 17.9. The lowest BCUT2D eigenvalue weighted by molar-refractivity contribution is -0.379. The minimum atomic E-state index is -1.97. The van der Waals surface area contributed by atoms with Crippen LogP contribution in [0.15, 0.2) is 12.2 Å². The molecule has 3 aliphatic rings. The Morgan fingerprint density at radius 3 is 1.45 bits per heavy atom. The van der Waals surface area contributed by atoms with Gasteiger partial charge in [-0.25, -0.2) is 0 Å². The topological polar surface area (TPSA) is 307 Å². The van der Waals surface area contributed by atoms with Crippen molar-refractivity contribution in [2.45, 2.75) is 247 Å². The molecule has 0 aromatic carbocycles. The highest BCUT2D eigenvalue weighted by Gasteiger charge is 2.53. The predicted molar refractivity (Wildman–Crippen MR) is 236 cm³/mol. The number of carbonyl (C=O) groups excluding carboxylic acids is 1. The minimum absolute atomic E-state index is 0.246. The van der Waals surface area contributed by atoms with E-state index in [9.17, 15) is 61.0 Å². The van der Waals surface area contributed by atoms with Crippen LogP contribution in [0.1, 0.15) is 142 Å². The number of hydrogen-bond donors (Lipinski definition) is 12. The van der Waals surface area contributed by atoms with E-state index in [1.54, 1.807) is 6.08 Å². The summed E-state index contributed by atoms with van der Waals surface area (Å²) >= 11 is 0. The van der Waals surface area contributed by atoms with Crippen molar-refractivity contribution in [2.75, 3.05) is 26.4 Å². The van der Waals surface area contributed by atoms with Gasteiger partial charge in [-0.05, 0) is 19.3 Å². The van der Waals surface area contributed by atoms with Crippen LogP contribution in [0.4, 0.5) is 0 Å². The van der Waals surface area contributed by atoms with E-state index in [1.165, 1.54) is 70.6 Å². The van der Waals surface area contributed by atoms with E-state index < -0.39 is 124 Å². The quantitative estimate of drug-likeness (QED) is 0.0318. The number of allylic oxidation sites excluding steroid dienone is 1. The van der Waals surface area contributed by atoms with E-state index in [0.717, 1.165) is 44.9 Å². The summed E-state index contributed by atoms with van der Waals surface area (Å²) in [5, 5.41) is 119. The van der Waals surface area contributed by atoms with Crippen LogP contribution in [-0.2, 0) is 33.2 Å². The molecular weight excluding hydrogens is 854 g/mol. The van der Waals surface area contributed by atoms with E-state index in [1.807, 2.05) is 6.08 Å². The fourth-order valence-electron chi connectivity index (χ4n) is 8.42. The Bertz CT molecular complexity index is 1260. The Kier molecular flexibility index (Phi) is 28.8. The molecule has 382 valence electrons. The highest BCUT2D eigenvalue weighted by atomic mass is 16.8. The first-order valence-corrected chi connectivity index (χ1v) is 24.4. The second kappa shape index (κ2) is 32.4. The Labute approximate surface area is 385 Å². The molecule has 0 radical (unpaired) electrons. The van der Waals surface area contributed by atoms with Gasteiger partial charge >= 0.3 is 0 Å². The van der Waals surface area contributed by atoms with Gasteiger partial charge < -0.3 is 89.9 Å². The molecule has 0 saturated carbocycles. The molecule has 3 fully saturated rings. The standard InChI is InChI=1S/C46H85NO18/c1-3-5-7-9-11-13-15-17-19-21-23-30(51)29(47-34(52)24-22-20-18-16-14-12-10-8-6-4-2)28-60-44-40(58)37(55)42(32(26-49)62-44)65-46-41(59)38(56)43(33(27-50)63-46)64-45-39(57)36(54)35(53)31(25-48)61-45/h21,23,29-33,35-46,48-51,53-59H,3-20,22,24-28H2,1-2H3,(H,47,52)/b23-21+. The number of aliphatic hydroxyl groups is 11. The Morgan fingerprint density at radius 1 is 0.538 bits per heavy atom. The molecule has 19 nitrogen and oxygen atoms in total. The van der Waals surface area contributed by atoms with E-state index in [0.29, 0.717) is 6.42 Å². The van der Waals surface area contributed by atoms with Gasteiger partial charge in [0.05, 0.1) is 38.6 Å². The van der Waals surface area contributed by atoms with Gasteiger partial charge in [0.1, 0.15) is 73.2 Å². The second-order valence-corrected chi connectivity index (χ2v) is 17.9. The molecule has 3 rings (SSSR count). The zero-order valence-electron chi connectivity index (χ0n) is 38.7. The smallest absolute Gasteiger partial charge is 0.220 e. The molecule has 3 heterocycles. The molecule has 0 bridgehead atoms. The van der Waals surface area contributed by atoms with Crippen LogP contribution in [0.5, 0.6) is 0 Å². The van der Waals surface area contributed by atoms with E-state index in [-0.39, 0.29) is 18.9 Å². The van der Waals surface area contributed by atoms with Gasteiger partial charge in [-0.1, -0.05) is 129 Å². The molecule has 3 aliphatic heterocycles. The average molecular weight is 940 g/mol. The summed E-state index contributed by atoms with van der Waals surface area (Å²) in [7, 11) is 0. The van der Waals surface area contributed by atoms with Crippen LogP contribution in [0.3, 0.4) is 0 Å². The number of hydrogen-bond acceptors (Lipinski definition) is 18. The van der Waals surface area contributed by atoms with Crippen molar-refractivity contribution in [3.63, 3.8) is 0 Å². The van der Waals surface area contributed by atoms with E-state index in [4.69, 9.17) is 28.4 Å². The van der Waals surface area contributed by atoms with Crippen molar-refractivity contribution >= 4 is 5.91 Å². The monoisotopic (exact) mass is 940 g/mol. The lowest BCUT2D eigenvalue weighted by Gasteiger charge is -2.48. The third-order valence-electron chi connectivity index (χ3n) is 12.6. The zero-order chi connectivity index (χ0) is 47.7. The van der Waals surface area contributed by atoms with Crippen molar-refractivity contribution < 1.29 is 89.4 Å². The van der Waals surface area contributed by atoms with E-state index in [2.05, 4.69) is 19.2 Å². The largest absolute Gasteiger partial charge is 0.394 e. The number of carbonyl (C=O) groups is 1. The maximum atomic E-state index is 13.1. The normalized spacial score (nSPS) is 34.2. The SMILES string of the molecule is CCCCCCCCCC/C=C/C(O)C(COC1OC(CO)C(OC2OC(CO)C(OC3OC(CO)C(O)C(O)C3O)C(O)C2O)C(O)C1O)NC(=O)CCCCCCCCCCCC. The van der Waals surface area contributed by atoms with Gasteiger partial charge in [0.2, 0.25) is 5.91 Å². The molecule has 0 aliphatic carbocycles. The molecule has 19 heteroatoms. The summed E-state index contributed by atoms with van der Waals surface area (Å²) in [4.78, 5) is 13.1. The maximum absolute atomic E-state index is 13.1. The third-order valence-corrected chi connectivity index (χ3v) is 12.6. The lowest BCUT2D eigenvalue weighted by atomic mass is 9.96. The van der Waals surface area contributed by atoms with Crippen LogP contribution >= 0.6 is 0 Å². The first-order valence-electron chi connectivity index (χ1n) is 24.4. The summed E-state index contributed by atoms with van der Waals surface area (Å²) in [5.41, 5.74) is 0. The number of rotatable bonds is 33. The van der Waals surface area contributed by atoms with Gasteiger partial charge in [0.25, 0.3) is 0 Å². The van der Waals surface area contributed by atoms with Crippen LogP contribution in [0.2, 0.25) is 0 Å². The van der Waals surface area contributed by atoms with Gasteiger partial charge in [-0.3, -0.25) is 4.79 Å². The van der Waals surface area contributed by atoms with Gasteiger partial charge in [0, 0.05) is 6.42 Å². The van der Waals surface area contributed by atoms with Crippen LogP contribution in [-0.4, -0.2) is 193 Å². The molecular formula is C46H85NO18. The summed E-state index contributed by atoms with van der Waals surface area (Å²) in [6, 6.07) is -0.962. The zero-order valence-corrected chi connectivity index (χ0v) is 38.7. The molecule has 17 atom stereocenters. The number of nitrogens with one attached hydrogen (secondary N) is 1. The first kappa shape index (κ1) is 57.8. The predicted octanol–water partition coefficient (Wildman–Crippen LogP) is 0.695. The minimum Gasteiger partial charge on any atom is -0.394 e. The summed E-state index contributed by atoms with van der Waals surface area (Å²) in [5.74, 6) is -0.282. The van der Waals surface area contributed by atoms with Gasteiger partial charge in [0.15, 0.2) is 18.9 Å². The van der Waals surface area contributed by atoms with Crippen molar-refractivity contribution in [1.82, 2.24) is 5.32 Å². The van der Waals surface area contributed by atoms with Crippen molar-refractivity contribution in [3.05, 3.63) is 12.2 Å². The summed E-state index contributed by atoms with van der Waals surface area (Å²) in [6.07, 6.45) is -1.87. The maximum Gasteiger partial charge on any atom is 0.220 e. The summed E-state index contributed by atoms with van der Waals surface area (Å²) in [6.45, 7) is 1.63. The number of amides is 1. The van der Waals surface area contributed by atoms with Gasteiger partial charge in [-0.2, -0.15) is 0 Å². The highest BCUT2D eigenvalue weighted by molar-refractivity contribution is 5.76. The summed E-state index contributed by atoms with van der Waals surface area (Å²) < 4.78 is 34.0. The molecule has 0 aromatic rings. The van der Waals surface area contributed by atoms with Crippen molar-refractivity contribution in [2.24, 2.45) is 0 Å². The fourth-order valence-corrected chi connectivity index (χ4v) is 8.42. The van der Waals surface area contributed by atoms with Crippen LogP contribution in [0, 0.1) is 0 Å². The molecule has 65 heavy (non-hydrogen) atoms. The third kappa shape index (κ3) is 19.1. The van der Waals surface area contributed by atoms with E-state index >= 15 is 0 Å². The highest BCUT2D eigenvalue weighted by Crippen LogP contribution is 2.33. The number of ether oxygens (including phenoxy) is 6. The molecule has 12 N–H and O–H groups in total.